The number of carbonyl (C=O) groups is 1. The van der Waals surface area contributed by atoms with Crippen LogP contribution in [0.3, 0.4) is 0 Å². The number of aliphatic carboxylic acids is 1. The monoisotopic (exact) mass is 397 g/mol. The van der Waals surface area contributed by atoms with Gasteiger partial charge in [-0.25, -0.2) is 17.9 Å². The van der Waals surface area contributed by atoms with Crippen molar-refractivity contribution in [2.24, 2.45) is 0 Å². The van der Waals surface area contributed by atoms with Gasteiger partial charge in [-0.2, -0.15) is 0 Å². The SMILES string of the molecule is O=C(O)COc1cccc(/C=C/CNS(=O)(=O)c2ccc3ccccc3c2)c1. The largest absolute Gasteiger partial charge is 0.482 e. The summed E-state index contributed by atoms with van der Waals surface area (Å²) in [5.41, 5.74) is 0.771. The van der Waals surface area contributed by atoms with Crippen LogP contribution in [0.25, 0.3) is 16.8 Å². The third-order valence-electron chi connectivity index (χ3n) is 3.95. The second-order valence-electron chi connectivity index (χ2n) is 6.02. The molecule has 0 unspecified atom stereocenters. The molecular formula is C21H19NO5S. The summed E-state index contributed by atoms with van der Waals surface area (Å²) >= 11 is 0. The molecule has 2 N–H and O–H groups in total. The summed E-state index contributed by atoms with van der Waals surface area (Å²) in [5.74, 6) is -0.620. The molecule has 0 radical (unpaired) electrons. The number of benzene rings is 3. The van der Waals surface area contributed by atoms with Crippen molar-refractivity contribution in [1.82, 2.24) is 4.72 Å². The van der Waals surface area contributed by atoms with Crippen molar-refractivity contribution in [2.75, 3.05) is 13.2 Å². The molecule has 0 bridgehead atoms. The molecule has 3 aromatic rings. The first-order valence-corrected chi connectivity index (χ1v) is 10.0. The molecule has 0 saturated heterocycles. The van der Waals surface area contributed by atoms with E-state index in [1.54, 1.807) is 48.6 Å². The second kappa shape index (κ2) is 8.69. The van der Waals surface area contributed by atoms with E-state index in [0.29, 0.717) is 5.75 Å². The Labute approximate surface area is 163 Å². The predicted molar refractivity (Wildman–Crippen MR) is 108 cm³/mol. The van der Waals surface area contributed by atoms with Crippen molar-refractivity contribution in [1.29, 1.82) is 0 Å². The van der Waals surface area contributed by atoms with Gasteiger partial charge in [-0.1, -0.05) is 54.6 Å². The fourth-order valence-electron chi connectivity index (χ4n) is 2.62. The van der Waals surface area contributed by atoms with E-state index in [1.807, 2.05) is 30.3 Å². The zero-order chi connectivity index (χ0) is 20.0. The summed E-state index contributed by atoms with van der Waals surface area (Å²) in [5, 5.41) is 10.5. The molecule has 3 aromatic carbocycles. The van der Waals surface area contributed by atoms with E-state index in [2.05, 4.69) is 4.72 Å². The number of fused-ring (bicyclic) bond motifs is 1. The van der Waals surface area contributed by atoms with Crippen LogP contribution in [0.1, 0.15) is 5.56 Å². The van der Waals surface area contributed by atoms with Crippen LogP contribution in [0.15, 0.2) is 77.7 Å². The molecular weight excluding hydrogens is 378 g/mol. The van der Waals surface area contributed by atoms with Gasteiger partial charge in [-0.05, 0) is 40.6 Å². The van der Waals surface area contributed by atoms with Crippen LogP contribution >= 0.6 is 0 Å². The summed E-state index contributed by atoms with van der Waals surface area (Å²) in [7, 11) is -3.62. The minimum atomic E-state index is -3.62. The van der Waals surface area contributed by atoms with Crippen molar-refractivity contribution in [3.8, 4) is 5.75 Å². The van der Waals surface area contributed by atoms with Gasteiger partial charge >= 0.3 is 5.97 Å². The van der Waals surface area contributed by atoms with Crippen LogP contribution in [0, 0.1) is 0 Å². The minimum Gasteiger partial charge on any atom is -0.482 e. The summed E-state index contributed by atoms with van der Waals surface area (Å²) in [6.07, 6.45) is 3.41. The van der Waals surface area contributed by atoms with Crippen LogP contribution in [0.5, 0.6) is 5.75 Å². The topological polar surface area (TPSA) is 92.7 Å². The van der Waals surface area contributed by atoms with E-state index in [4.69, 9.17) is 9.84 Å². The first-order chi connectivity index (χ1) is 13.4. The number of hydrogen-bond donors (Lipinski definition) is 2. The highest BCUT2D eigenvalue weighted by Gasteiger charge is 2.12. The van der Waals surface area contributed by atoms with Gasteiger partial charge in [0, 0.05) is 6.54 Å². The fraction of sp³-hybridized carbons (Fsp3) is 0.0952. The van der Waals surface area contributed by atoms with Crippen LogP contribution < -0.4 is 9.46 Å². The highest BCUT2D eigenvalue weighted by Crippen LogP contribution is 2.19. The van der Waals surface area contributed by atoms with Crippen molar-refractivity contribution in [3.63, 3.8) is 0 Å². The maximum Gasteiger partial charge on any atom is 0.341 e. The van der Waals surface area contributed by atoms with E-state index in [0.717, 1.165) is 16.3 Å². The molecule has 0 aliphatic heterocycles. The molecule has 6 nitrogen and oxygen atoms in total. The quantitative estimate of drug-likeness (QED) is 0.608. The molecule has 0 atom stereocenters. The zero-order valence-corrected chi connectivity index (χ0v) is 15.7. The Balaban J connectivity index is 1.63. The Hall–Kier alpha value is -3.16. The van der Waals surface area contributed by atoms with Crippen LogP contribution in [-0.2, 0) is 14.8 Å². The molecule has 28 heavy (non-hydrogen) atoms. The van der Waals surface area contributed by atoms with Gasteiger partial charge < -0.3 is 9.84 Å². The maximum atomic E-state index is 12.5. The standard InChI is InChI=1S/C21H19NO5S/c23-21(24)15-27-19-9-3-5-16(13-19)6-4-12-22-28(25,26)20-11-10-17-7-1-2-8-18(17)14-20/h1-11,13-14,22H,12,15H2,(H,23,24)/b6-4+. The number of ether oxygens (including phenoxy) is 1. The Kier molecular flexibility index (Phi) is 6.08. The van der Waals surface area contributed by atoms with Gasteiger partial charge in [0.05, 0.1) is 4.90 Å². The predicted octanol–water partition coefficient (Wildman–Crippen LogP) is 3.29. The van der Waals surface area contributed by atoms with Gasteiger partial charge in [-0.3, -0.25) is 0 Å². The normalized spacial score (nSPS) is 11.7. The van der Waals surface area contributed by atoms with E-state index >= 15 is 0 Å². The molecule has 0 aliphatic carbocycles. The molecule has 0 fully saturated rings. The fourth-order valence-corrected chi connectivity index (χ4v) is 3.64. The second-order valence-corrected chi connectivity index (χ2v) is 7.79. The molecule has 0 aromatic heterocycles. The lowest BCUT2D eigenvalue weighted by molar-refractivity contribution is -0.139. The van der Waals surface area contributed by atoms with Crippen LogP contribution in [0.4, 0.5) is 0 Å². The molecule has 0 saturated carbocycles. The van der Waals surface area contributed by atoms with Crippen molar-refractivity contribution in [3.05, 3.63) is 78.4 Å². The molecule has 144 valence electrons. The number of sulfonamides is 1. The molecule has 0 heterocycles. The van der Waals surface area contributed by atoms with Gasteiger partial charge in [-0.15, -0.1) is 0 Å². The van der Waals surface area contributed by atoms with Gasteiger partial charge in [0.15, 0.2) is 6.61 Å². The van der Waals surface area contributed by atoms with Gasteiger partial charge in [0.25, 0.3) is 0 Å². The summed E-state index contributed by atoms with van der Waals surface area (Å²) < 4.78 is 32.6. The Morgan fingerprint density at radius 2 is 1.79 bits per heavy atom. The van der Waals surface area contributed by atoms with E-state index in [-0.39, 0.29) is 11.4 Å². The number of carboxylic acids is 1. The zero-order valence-electron chi connectivity index (χ0n) is 14.9. The molecule has 0 spiro atoms. The molecule has 7 heteroatoms. The Bertz CT molecular complexity index is 1120. The van der Waals surface area contributed by atoms with Crippen LogP contribution in [0.2, 0.25) is 0 Å². The van der Waals surface area contributed by atoms with Crippen molar-refractivity contribution in [2.45, 2.75) is 4.90 Å². The number of hydrogen-bond acceptors (Lipinski definition) is 4. The van der Waals surface area contributed by atoms with Gasteiger partial charge in [0.2, 0.25) is 10.0 Å². The van der Waals surface area contributed by atoms with Crippen molar-refractivity contribution >= 4 is 32.8 Å². The minimum absolute atomic E-state index is 0.120. The first kappa shape index (κ1) is 19.6. The number of carboxylic acid groups (broad SMARTS) is 1. The average Bonchev–Trinajstić information content (AvgIpc) is 2.69. The smallest absolute Gasteiger partial charge is 0.341 e. The molecule has 3 rings (SSSR count). The average molecular weight is 397 g/mol. The maximum absolute atomic E-state index is 12.5. The van der Waals surface area contributed by atoms with E-state index in [1.165, 1.54) is 0 Å². The summed E-state index contributed by atoms with van der Waals surface area (Å²) in [4.78, 5) is 10.8. The molecule has 0 aliphatic rings. The number of rotatable bonds is 8. The third kappa shape index (κ3) is 5.18. The lowest BCUT2D eigenvalue weighted by atomic mass is 10.1. The first-order valence-electron chi connectivity index (χ1n) is 8.54. The van der Waals surface area contributed by atoms with Gasteiger partial charge in [0.1, 0.15) is 5.75 Å². The third-order valence-corrected chi connectivity index (χ3v) is 5.37. The van der Waals surface area contributed by atoms with Crippen molar-refractivity contribution < 1.29 is 23.1 Å². The summed E-state index contributed by atoms with van der Waals surface area (Å²) in [6.45, 7) is -0.298. The van der Waals surface area contributed by atoms with E-state index < -0.39 is 22.6 Å². The highest BCUT2D eigenvalue weighted by molar-refractivity contribution is 7.89. The lowest BCUT2D eigenvalue weighted by Gasteiger charge is -2.06. The Morgan fingerprint density at radius 1 is 1.00 bits per heavy atom. The highest BCUT2D eigenvalue weighted by atomic mass is 32.2. The number of nitrogens with one attached hydrogen (secondary N) is 1. The summed E-state index contributed by atoms with van der Waals surface area (Å²) in [6, 6.07) is 19.4. The van der Waals surface area contributed by atoms with E-state index in [9.17, 15) is 13.2 Å². The molecule has 0 amide bonds. The van der Waals surface area contributed by atoms with Crippen LogP contribution in [-0.4, -0.2) is 32.6 Å². The Morgan fingerprint density at radius 3 is 2.57 bits per heavy atom. The lowest BCUT2D eigenvalue weighted by Crippen LogP contribution is -2.23.